The molecule has 2 aliphatic rings. The van der Waals surface area contributed by atoms with Crippen LogP contribution in [0.2, 0.25) is 0 Å². The van der Waals surface area contributed by atoms with Crippen molar-refractivity contribution in [1.82, 2.24) is 0 Å². The van der Waals surface area contributed by atoms with Gasteiger partial charge in [-0.1, -0.05) is 46.4 Å². The van der Waals surface area contributed by atoms with Gasteiger partial charge >= 0.3 is 0 Å². The first-order valence-electron chi connectivity index (χ1n) is 3.55. The fourth-order valence-corrected chi connectivity index (χ4v) is 4.60. The molecule has 0 aliphatic heterocycles. The zero-order chi connectivity index (χ0) is 10.1. The molecule has 0 saturated heterocycles. The zero-order valence-corrected chi connectivity index (χ0v) is 10.7. The van der Waals surface area contributed by atoms with Crippen LogP contribution in [0.5, 0.6) is 0 Å². The molecular formula is C7H4Cl6. The van der Waals surface area contributed by atoms with Gasteiger partial charge < -0.3 is 0 Å². The lowest BCUT2D eigenvalue weighted by atomic mass is 10.1. The lowest BCUT2D eigenvalue weighted by Gasteiger charge is -2.32. The maximum absolute atomic E-state index is 6.20. The SMILES string of the molecule is ClC1=C(Cl)C2(Cl)CC1(Cl)CC2(Cl)Cl. The monoisotopic (exact) mass is 298 g/mol. The Morgan fingerprint density at radius 3 is 1.69 bits per heavy atom. The van der Waals surface area contributed by atoms with Gasteiger partial charge in [-0.15, -0.1) is 23.2 Å². The van der Waals surface area contributed by atoms with Gasteiger partial charge in [0, 0.05) is 6.42 Å². The summed E-state index contributed by atoms with van der Waals surface area (Å²) in [6.45, 7) is 0. The molecule has 0 amide bonds. The van der Waals surface area contributed by atoms with Crippen molar-refractivity contribution in [2.24, 2.45) is 0 Å². The summed E-state index contributed by atoms with van der Waals surface area (Å²) in [7, 11) is 0. The number of hydrogen-bond donors (Lipinski definition) is 0. The summed E-state index contributed by atoms with van der Waals surface area (Å²) in [5.74, 6) is 0. The van der Waals surface area contributed by atoms with Gasteiger partial charge in [0.25, 0.3) is 0 Å². The highest BCUT2D eigenvalue weighted by atomic mass is 35.5. The van der Waals surface area contributed by atoms with E-state index < -0.39 is 14.1 Å². The Morgan fingerprint density at radius 2 is 1.38 bits per heavy atom. The lowest BCUT2D eigenvalue weighted by molar-refractivity contribution is 0.674. The molecule has 0 nitrogen and oxygen atoms in total. The van der Waals surface area contributed by atoms with E-state index in [1.54, 1.807) is 0 Å². The van der Waals surface area contributed by atoms with Crippen LogP contribution in [0.4, 0.5) is 0 Å². The molecule has 0 spiro atoms. The van der Waals surface area contributed by atoms with Crippen LogP contribution in [0.1, 0.15) is 12.8 Å². The van der Waals surface area contributed by atoms with Crippen molar-refractivity contribution in [2.75, 3.05) is 0 Å². The fourth-order valence-electron chi connectivity index (χ4n) is 1.83. The Morgan fingerprint density at radius 1 is 0.846 bits per heavy atom. The molecule has 2 bridgehead atoms. The fraction of sp³-hybridized carbons (Fsp3) is 0.714. The summed E-state index contributed by atoms with van der Waals surface area (Å²) in [5.41, 5.74) is 0. The van der Waals surface area contributed by atoms with Crippen molar-refractivity contribution in [3.8, 4) is 0 Å². The molecular weight excluding hydrogens is 297 g/mol. The van der Waals surface area contributed by atoms with Crippen LogP contribution in [0.25, 0.3) is 0 Å². The first-order valence-corrected chi connectivity index (χ1v) is 5.82. The minimum Gasteiger partial charge on any atom is -0.113 e. The summed E-state index contributed by atoms with van der Waals surface area (Å²) < 4.78 is -1.13. The van der Waals surface area contributed by atoms with Crippen LogP contribution in [-0.2, 0) is 0 Å². The van der Waals surface area contributed by atoms with Crippen molar-refractivity contribution in [3.63, 3.8) is 0 Å². The number of fused-ring (bicyclic) bond motifs is 2. The van der Waals surface area contributed by atoms with Crippen LogP contribution >= 0.6 is 69.6 Å². The highest BCUT2D eigenvalue weighted by Crippen LogP contribution is 2.69. The lowest BCUT2D eigenvalue weighted by Crippen LogP contribution is -2.37. The normalized spacial score (nSPS) is 47.5. The quantitative estimate of drug-likeness (QED) is 0.573. The van der Waals surface area contributed by atoms with Crippen LogP contribution in [0.15, 0.2) is 10.1 Å². The Labute approximate surface area is 106 Å². The van der Waals surface area contributed by atoms with E-state index in [9.17, 15) is 0 Å². The summed E-state index contributed by atoms with van der Waals surface area (Å²) in [6.07, 6.45) is 0.705. The van der Waals surface area contributed by atoms with E-state index >= 15 is 0 Å². The van der Waals surface area contributed by atoms with Gasteiger partial charge in [-0.05, 0) is 6.42 Å². The predicted octanol–water partition coefficient (Wildman–Crippen LogP) is 4.61. The third-order valence-corrected chi connectivity index (χ3v) is 6.10. The van der Waals surface area contributed by atoms with Gasteiger partial charge in [-0.2, -0.15) is 0 Å². The molecule has 0 N–H and O–H groups in total. The molecule has 2 unspecified atom stereocenters. The molecule has 0 aromatic heterocycles. The largest absolute Gasteiger partial charge is 0.144 e. The zero-order valence-electron chi connectivity index (χ0n) is 6.18. The molecule has 2 rings (SSSR count). The van der Waals surface area contributed by atoms with Crippen LogP contribution < -0.4 is 0 Å². The average molecular weight is 301 g/mol. The molecule has 0 aromatic carbocycles. The van der Waals surface area contributed by atoms with E-state index in [0.29, 0.717) is 17.9 Å². The van der Waals surface area contributed by atoms with Gasteiger partial charge in [-0.3, -0.25) is 0 Å². The summed E-state index contributed by atoms with van der Waals surface area (Å²) in [4.78, 5) is -1.79. The van der Waals surface area contributed by atoms with E-state index in [4.69, 9.17) is 69.6 Å². The molecule has 74 valence electrons. The maximum atomic E-state index is 6.20. The molecule has 2 atom stereocenters. The smallest absolute Gasteiger partial charge is 0.113 e. The van der Waals surface area contributed by atoms with Gasteiger partial charge in [0.1, 0.15) is 9.21 Å². The van der Waals surface area contributed by atoms with Gasteiger partial charge in [0.05, 0.1) is 14.9 Å². The van der Waals surface area contributed by atoms with Crippen molar-refractivity contribution in [2.45, 2.75) is 26.9 Å². The first-order chi connectivity index (χ1) is 5.73. The second-order valence-corrected chi connectivity index (χ2v) is 7.06. The highest BCUT2D eigenvalue weighted by Gasteiger charge is 2.69. The van der Waals surface area contributed by atoms with Crippen molar-refractivity contribution in [1.29, 1.82) is 0 Å². The van der Waals surface area contributed by atoms with Crippen molar-refractivity contribution in [3.05, 3.63) is 10.1 Å². The van der Waals surface area contributed by atoms with Crippen LogP contribution in [0.3, 0.4) is 0 Å². The van der Waals surface area contributed by atoms with E-state index in [0.717, 1.165) is 0 Å². The Kier molecular flexibility index (Phi) is 2.35. The Balaban J connectivity index is 2.60. The van der Waals surface area contributed by atoms with Crippen LogP contribution in [-0.4, -0.2) is 14.1 Å². The van der Waals surface area contributed by atoms with E-state index in [2.05, 4.69) is 0 Å². The number of halogens is 6. The van der Waals surface area contributed by atoms with Crippen molar-refractivity contribution < 1.29 is 0 Å². The third-order valence-electron chi connectivity index (χ3n) is 2.54. The molecule has 0 aromatic rings. The topological polar surface area (TPSA) is 0 Å². The maximum Gasteiger partial charge on any atom is 0.144 e. The molecule has 0 heterocycles. The number of allylic oxidation sites excluding steroid dienone is 2. The summed E-state index contributed by atoms with van der Waals surface area (Å²) in [5, 5.41) is 0.657. The van der Waals surface area contributed by atoms with E-state index in [1.807, 2.05) is 0 Å². The van der Waals surface area contributed by atoms with Crippen LogP contribution in [0, 0.1) is 0 Å². The molecule has 13 heavy (non-hydrogen) atoms. The van der Waals surface area contributed by atoms with Gasteiger partial charge in [0.2, 0.25) is 0 Å². The Bertz CT molecular complexity index is 308. The standard InChI is InChI=1S/C7H4Cl6/c8-3-4(9)6(11)1-5(3,10)2-7(6,12)13/h1-2H2. The summed E-state index contributed by atoms with van der Waals surface area (Å²) in [6, 6.07) is 0. The molecule has 2 aliphatic carbocycles. The molecule has 6 heteroatoms. The molecule has 1 saturated carbocycles. The van der Waals surface area contributed by atoms with Gasteiger partial charge in [-0.25, -0.2) is 0 Å². The van der Waals surface area contributed by atoms with E-state index in [-0.39, 0.29) is 5.03 Å². The third kappa shape index (κ3) is 1.20. The number of alkyl halides is 4. The van der Waals surface area contributed by atoms with Crippen molar-refractivity contribution >= 4 is 69.6 Å². The predicted molar refractivity (Wildman–Crippen MR) is 59.6 cm³/mol. The second kappa shape index (κ2) is 2.78. The Hall–Kier alpha value is 1.48. The number of hydrogen-bond acceptors (Lipinski definition) is 0. The average Bonchev–Trinajstić information content (AvgIpc) is 2.24. The highest BCUT2D eigenvalue weighted by molar-refractivity contribution is 6.60. The minimum absolute atomic E-state index is 0.280. The number of rotatable bonds is 0. The minimum atomic E-state index is -1.13. The van der Waals surface area contributed by atoms with E-state index in [1.165, 1.54) is 0 Å². The first kappa shape index (κ1) is 11.0. The molecule has 0 radical (unpaired) electrons. The second-order valence-electron chi connectivity index (χ2n) is 3.45. The van der Waals surface area contributed by atoms with Gasteiger partial charge in [0.15, 0.2) is 0 Å². The summed E-state index contributed by atoms with van der Waals surface area (Å²) >= 11 is 36.3. The molecule has 1 fully saturated rings.